The number of hydrogen-bond donors (Lipinski definition) is 0. The first-order chi connectivity index (χ1) is 14.8. The van der Waals surface area contributed by atoms with Crippen LogP contribution in [0.2, 0.25) is 0 Å². The largest absolute Gasteiger partial charge is 0.496 e. The molecule has 6 nitrogen and oxygen atoms in total. The van der Waals surface area contributed by atoms with Gasteiger partial charge in [0, 0.05) is 12.3 Å². The molecule has 0 aliphatic heterocycles. The van der Waals surface area contributed by atoms with Crippen LogP contribution in [0.5, 0.6) is 17.2 Å². The minimum Gasteiger partial charge on any atom is -0.496 e. The molecule has 0 saturated carbocycles. The molecule has 0 saturated heterocycles. The molecule has 1 heterocycles. The lowest BCUT2D eigenvalue weighted by atomic mass is 10.2. The minimum atomic E-state index is 0.560. The zero-order valence-corrected chi connectivity index (χ0v) is 18.2. The van der Waals surface area contributed by atoms with E-state index in [0.29, 0.717) is 13.2 Å². The summed E-state index contributed by atoms with van der Waals surface area (Å²) >= 11 is 1.60. The van der Waals surface area contributed by atoms with Crippen LogP contribution in [-0.4, -0.2) is 40.8 Å². The molecule has 0 fully saturated rings. The Hall–Kier alpha value is -2.93. The van der Waals surface area contributed by atoms with Gasteiger partial charge in [-0.05, 0) is 42.8 Å². The molecule has 0 aliphatic carbocycles. The first kappa shape index (κ1) is 21.8. The van der Waals surface area contributed by atoms with Gasteiger partial charge in [-0.15, -0.1) is 16.8 Å². The molecule has 0 aliphatic rings. The number of allylic oxidation sites excluding steroid dienone is 1. The maximum absolute atomic E-state index is 5.84. The second-order valence-electron chi connectivity index (χ2n) is 6.42. The number of nitrogens with zero attached hydrogens (tertiary/aromatic N) is 3. The monoisotopic (exact) mass is 425 g/mol. The highest BCUT2D eigenvalue weighted by atomic mass is 32.2. The van der Waals surface area contributed by atoms with E-state index in [4.69, 9.17) is 14.2 Å². The fourth-order valence-electron chi connectivity index (χ4n) is 2.86. The highest BCUT2D eigenvalue weighted by Crippen LogP contribution is 2.31. The van der Waals surface area contributed by atoms with Gasteiger partial charge < -0.3 is 14.2 Å². The second kappa shape index (κ2) is 11.3. The minimum absolute atomic E-state index is 0.560. The predicted molar refractivity (Wildman–Crippen MR) is 121 cm³/mol. The van der Waals surface area contributed by atoms with Crippen molar-refractivity contribution in [1.82, 2.24) is 14.8 Å². The average molecular weight is 426 g/mol. The third-order valence-corrected chi connectivity index (χ3v) is 5.19. The molecule has 0 N–H and O–H groups in total. The van der Waals surface area contributed by atoms with E-state index in [1.807, 2.05) is 59.2 Å². The molecular formula is C23H27N3O3S. The topological polar surface area (TPSA) is 58.4 Å². The summed E-state index contributed by atoms with van der Waals surface area (Å²) in [6.07, 6.45) is 2.83. The maximum atomic E-state index is 5.84. The van der Waals surface area contributed by atoms with Crippen molar-refractivity contribution in [1.29, 1.82) is 0 Å². The summed E-state index contributed by atoms with van der Waals surface area (Å²) in [6.45, 7) is 7.85. The van der Waals surface area contributed by atoms with Crippen molar-refractivity contribution >= 4 is 11.8 Å². The van der Waals surface area contributed by atoms with Crippen LogP contribution in [0, 0.1) is 0 Å². The molecule has 3 rings (SSSR count). The SMILES string of the molecule is C=CCn1c(SCCOc2ccc(OCCC)cc2)nnc1-c1ccccc1OC. The molecule has 7 heteroatoms. The molecule has 30 heavy (non-hydrogen) atoms. The summed E-state index contributed by atoms with van der Waals surface area (Å²) in [5, 5.41) is 9.59. The van der Waals surface area contributed by atoms with Gasteiger partial charge in [0.2, 0.25) is 0 Å². The van der Waals surface area contributed by atoms with E-state index < -0.39 is 0 Å². The zero-order valence-electron chi connectivity index (χ0n) is 17.4. The molecule has 0 atom stereocenters. The molecule has 3 aromatic rings. The summed E-state index contributed by atoms with van der Waals surface area (Å²) < 4.78 is 18.9. The number of aromatic nitrogens is 3. The predicted octanol–water partition coefficient (Wildman–Crippen LogP) is 5.10. The number of thioether (sulfide) groups is 1. The van der Waals surface area contributed by atoms with E-state index in [1.54, 1.807) is 18.9 Å². The third-order valence-electron chi connectivity index (χ3n) is 4.26. The molecule has 1 aromatic heterocycles. The maximum Gasteiger partial charge on any atom is 0.191 e. The van der Waals surface area contributed by atoms with Gasteiger partial charge in [-0.1, -0.05) is 36.9 Å². The van der Waals surface area contributed by atoms with Gasteiger partial charge in [-0.25, -0.2) is 0 Å². The lowest BCUT2D eigenvalue weighted by Crippen LogP contribution is -2.04. The number of rotatable bonds is 12. The molecule has 0 amide bonds. The van der Waals surface area contributed by atoms with E-state index in [2.05, 4.69) is 23.7 Å². The Morgan fingerprint density at radius 2 is 1.70 bits per heavy atom. The fraction of sp³-hybridized carbons (Fsp3) is 0.304. The van der Waals surface area contributed by atoms with Crippen molar-refractivity contribution in [3.63, 3.8) is 0 Å². The highest BCUT2D eigenvalue weighted by Gasteiger charge is 2.16. The standard InChI is InChI=1S/C23H27N3O3S/c1-4-14-26-22(20-8-6-7-9-21(20)27-3)24-25-23(26)30-17-16-29-19-12-10-18(11-13-19)28-15-5-2/h4,6-13H,1,5,14-17H2,2-3H3. The van der Waals surface area contributed by atoms with Gasteiger partial charge in [0.15, 0.2) is 11.0 Å². The van der Waals surface area contributed by atoms with Crippen molar-refractivity contribution in [2.24, 2.45) is 0 Å². The summed E-state index contributed by atoms with van der Waals surface area (Å²) in [6, 6.07) is 15.5. The van der Waals surface area contributed by atoms with Crippen molar-refractivity contribution in [2.75, 3.05) is 26.1 Å². The molecular weight excluding hydrogens is 398 g/mol. The van der Waals surface area contributed by atoms with Gasteiger partial charge in [0.05, 0.1) is 25.9 Å². The van der Waals surface area contributed by atoms with E-state index in [9.17, 15) is 0 Å². The normalized spacial score (nSPS) is 10.6. The van der Waals surface area contributed by atoms with Crippen molar-refractivity contribution in [2.45, 2.75) is 25.0 Å². The van der Waals surface area contributed by atoms with Gasteiger partial charge in [0.1, 0.15) is 17.2 Å². The van der Waals surface area contributed by atoms with Gasteiger partial charge in [0.25, 0.3) is 0 Å². The molecule has 0 spiro atoms. The number of methoxy groups -OCH3 is 1. The lowest BCUT2D eigenvalue weighted by Gasteiger charge is -2.11. The van der Waals surface area contributed by atoms with Gasteiger partial charge >= 0.3 is 0 Å². The Kier molecular flexibility index (Phi) is 8.20. The van der Waals surface area contributed by atoms with Crippen LogP contribution in [0.4, 0.5) is 0 Å². The first-order valence-corrected chi connectivity index (χ1v) is 10.9. The average Bonchev–Trinajstić information content (AvgIpc) is 3.18. The van der Waals surface area contributed by atoms with E-state index in [0.717, 1.165) is 52.6 Å². The molecule has 158 valence electrons. The zero-order chi connectivity index (χ0) is 21.2. The van der Waals surface area contributed by atoms with Crippen LogP contribution in [0.1, 0.15) is 13.3 Å². The summed E-state index contributed by atoms with van der Waals surface area (Å²) in [7, 11) is 1.66. The van der Waals surface area contributed by atoms with E-state index in [1.165, 1.54) is 0 Å². The molecule has 0 bridgehead atoms. The quantitative estimate of drug-likeness (QED) is 0.229. The fourth-order valence-corrected chi connectivity index (χ4v) is 3.63. The van der Waals surface area contributed by atoms with Crippen LogP contribution in [0.15, 0.2) is 66.3 Å². The first-order valence-electron chi connectivity index (χ1n) is 9.92. The number of ether oxygens (including phenoxy) is 3. The van der Waals surface area contributed by atoms with Crippen LogP contribution >= 0.6 is 11.8 Å². The lowest BCUT2D eigenvalue weighted by molar-refractivity contribution is 0.314. The third kappa shape index (κ3) is 5.57. The number of para-hydroxylation sites is 1. The van der Waals surface area contributed by atoms with Gasteiger partial charge in [-0.2, -0.15) is 0 Å². The molecule has 0 unspecified atom stereocenters. The van der Waals surface area contributed by atoms with Crippen molar-refractivity contribution < 1.29 is 14.2 Å². The van der Waals surface area contributed by atoms with Gasteiger partial charge in [-0.3, -0.25) is 4.57 Å². The summed E-state index contributed by atoms with van der Waals surface area (Å²) in [4.78, 5) is 0. The Labute approximate surface area is 181 Å². The number of benzene rings is 2. The van der Waals surface area contributed by atoms with E-state index >= 15 is 0 Å². The van der Waals surface area contributed by atoms with Crippen LogP contribution < -0.4 is 14.2 Å². The van der Waals surface area contributed by atoms with Crippen molar-refractivity contribution in [3.8, 4) is 28.6 Å². The Morgan fingerprint density at radius 3 is 2.37 bits per heavy atom. The Morgan fingerprint density at radius 1 is 1.00 bits per heavy atom. The van der Waals surface area contributed by atoms with E-state index in [-0.39, 0.29) is 0 Å². The number of hydrogen-bond acceptors (Lipinski definition) is 6. The molecule has 0 radical (unpaired) electrons. The summed E-state index contributed by atoms with van der Waals surface area (Å²) in [5.74, 6) is 3.96. The summed E-state index contributed by atoms with van der Waals surface area (Å²) in [5.41, 5.74) is 0.905. The molecule has 2 aromatic carbocycles. The van der Waals surface area contributed by atoms with Crippen LogP contribution in [0.25, 0.3) is 11.4 Å². The second-order valence-corrected chi connectivity index (χ2v) is 7.48. The highest BCUT2D eigenvalue weighted by molar-refractivity contribution is 7.99. The van der Waals surface area contributed by atoms with Crippen LogP contribution in [0.3, 0.4) is 0 Å². The van der Waals surface area contributed by atoms with Crippen LogP contribution in [-0.2, 0) is 6.54 Å². The van der Waals surface area contributed by atoms with Crippen molar-refractivity contribution in [3.05, 3.63) is 61.2 Å². The Bertz CT molecular complexity index is 941. The smallest absolute Gasteiger partial charge is 0.191 e. The Balaban J connectivity index is 1.60.